The van der Waals surface area contributed by atoms with Gasteiger partial charge in [0.25, 0.3) is 6.43 Å². The predicted molar refractivity (Wildman–Crippen MR) is 63.3 cm³/mol. The second kappa shape index (κ2) is 5.17. The fraction of sp³-hybridized carbons (Fsp3) is 0.333. The maximum Gasteiger partial charge on any atom is 0.299 e. The van der Waals surface area contributed by atoms with Gasteiger partial charge in [0.1, 0.15) is 0 Å². The number of aromatic nitrogens is 5. The Labute approximate surface area is 106 Å². The first-order valence-corrected chi connectivity index (χ1v) is 5.55. The van der Waals surface area contributed by atoms with Gasteiger partial charge in [0.15, 0.2) is 0 Å². The molecule has 0 saturated carbocycles. The molecular formula is C9H10F2N6S. The van der Waals surface area contributed by atoms with E-state index in [1.165, 1.54) is 6.21 Å². The Kier molecular flexibility index (Phi) is 3.60. The van der Waals surface area contributed by atoms with Gasteiger partial charge in [0.2, 0.25) is 10.6 Å². The van der Waals surface area contributed by atoms with Crippen LogP contribution in [0.1, 0.15) is 24.7 Å². The highest BCUT2D eigenvalue weighted by molar-refractivity contribution is 7.71. The molecule has 0 aliphatic rings. The average Bonchev–Trinajstić information content (AvgIpc) is 2.93. The van der Waals surface area contributed by atoms with E-state index in [1.54, 1.807) is 17.1 Å². The van der Waals surface area contributed by atoms with Crippen molar-refractivity contribution in [1.29, 1.82) is 0 Å². The van der Waals surface area contributed by atoms with E-state index in [9.17, 15) is 8.78 Å². The lowest BCUT2D eigenvalue weighted by molar-refractivity contribution is 0.136. The summed E-state index contributed by atoms with van der Waals surface area (Å²) in [6.07, 6.45) is 1.98. The molecule has 0 aliphatic carbocycles. The molecule has 2 aromatic heterocycles. The number of H-pyrrole nitrogens is 1. The highest BCUT2D eigenvalue weighted by atomic mass is 32.1. The SMILES string of the molecule is CCn1cc(/C=N/n2c(C(F)F)n[nH]c2=S)cn1. The first-order valence-electron chi connectivity index (χ1n) is 5.14. The van der Waals surface area contributed by atoms with Crippen molar-refractivity contribution in [3.63, 3.8) is 0 Å². The highest BCUT2D eigenvalue weighted by Crippen LogP contribution is 2.15. The fourth-order valence-electron chi connectivity index (χ4n) is 1.30. The van der Waals surface area contributed by atoms with Crippen molar-refractivity contribution < 1.29 is 8.78 Å². The van der Waals surface area contributed by atoms with Crippen LogP contribution in [0.15, 0.2) is 17.5 Å². The summed E-state index contributed by atoms with van der Waals surface area (Å²) in [4.78, 5) is 0. The number of hydrogen-bond acceptors (Lipinski definition) is 4. The first kappa shape index (κ1) is 12.6. The Morgan fingerprint density at radius 3 is 3.00 bits per heavy atom. The molecule has 0 atom stereocenters. The van der Waals surface area contributed by atoms with Crippen LogP contribution in [0.4, 0.5) is 8.78 Å². The molecule has 0 fully saturated rings. The minimum absolute atomic E-state index is 0.0180. The maximum atomic E-state index is 12.6. The van der Waals surface area contributed by atoms with E-state index >= 15 is 0 Å². The van der Waals surface area contributed by atoms with Gasteiger partial charge in [-0.3, -0.25) is 4.68 Å². The van der Waals surface area contributed by atoms with E-state index in [4.69, 9.17) is 12.2 Å². The lowest BCUT2D eigenvalue weighted by Crippen LogP contribution is -1.99. The summed E-state index contributed by atoms with van der Waals surface area (Å²) in [5.74, 6) is -0.515. The molecule has 0 aromatic carbocycles. The molecule has 0 saturated heterocycles. The summed E-state index contributed by atoms with van der Waals surface area (Å²) in [6, 6.07) is 0. The van der Waals surface area contributed by atoms with Gasteiger partial charge in [-0.05, 0) is 19.1 Å². The van der Waals surface area contributed by atoms with Crippen LogP contribution in [0, 0.1) is 4.77 Å². The molecule has 1 N–H and O–H groups in total. The summed E-state index contributed by atoms with van der Waals surface area (Å²) in [7, 11) is 0. The molecule has 0 unspecified atom stereocenters. The van der Waals surface area contributed by atoms with Crippen LogP contribution in [0.5, 0.6) is 0 Å². The van der Waals surface area contributed by atoms with Gasteiger partial charge in [0.05, 0.1) is 12.4 Å². The lowest BCUT2D eigenvalue weighted by Gasteiger charge is -1.97. The normalized spacial score (nSPS) is 11.8. The number of halogens is 2. The van der Waals surface area contributed by atoms with Crippen LogP contribution in [0.3, 0.4) is 0 Å². The number of nitrogens with one attached hydrogen (secondary N) is 1. The molecule has 0 aliphatic heterocycles. The molecule has 96 valence electrons. The van der Waals surface area contributed by atoms with Crippen molar-refractivity contribution in [2.24, 2.45) is 5.10 Å². The standard InChI is InChI=1S/C9H10F2N6S/c1-2-16-5-6(3-12-16)4-13-17-8(7(10)11)14-15-9(17)18/h3-5,7H,2H2,1H3,(H,15,18)/b13-4+. The Hall–Kier alpha value is -1.90. The zero-order chi connectivity index (χ0) is 13.1. The minimum Gasteiger partial charge on any atom is -0.272 e. The Morgan fingerprint density at radius 2 is 2.39 bits per heavy atom. The van der Waals surface area contributed by atoms with Gasteiger partial charge >= 0.3 is 0 Å². The predicted octanol–water partition coefficient (Wildman–Crippen LogP) is 1.98. The number of aromatic amines is 1. The number of rotatable bonds is 4. The molecule has 0 amide bonds. The summed E-state index contributed by atoms with van der Waals surface area (Å²) >= 11 is 4.81. The maximum absolute atomic E-state index is 12.6. The summed E-state index contributed by atoms with van der Waals surface area (Å²) in [5.41, 5.74) is 0.695. The first-order chi connectivity index (χ1) is 8.61. The third kappa shape index (κ3) is 2.50. The fourth-order valence-corrected chi connectivity index (χ4v) is 1.49. The zero-order valence-corrected chi connectivity index (χ0v) is 10.2. The van der Waals surface area contributed by atoms with E-state index in [0.29, 0.717) is 5.56 Å². The van der Waals surface area contributed by atoms with Crippen molar-refractivity contribution in [2.75, 3.05) is 0 Å². The molecule has 2 rings (SSSR count). The third-order valence-electron chi connectivity index (χ3n) is 2.17. The van der Waals surface area contributed by atoms with E-state index in [2.05, 4.69) is 20.4 Å². The van der Waals surface area contributed by atoms with Crippen molar-refractivity contribution in [3.8, 4) is 0 Å². The number of alkyl halides is 2. The Bertz CT molecular complexity index is 611. The molecule has 0 radical (unpaired) electrons. The van der Waals surface area contributed by atoms with Crippen LogP contribution in [-0.2, 0) is 6.54 Å². The Balaban J connectivity index is 2.28. The second-order valence-electron chi connectivity index (χ2n) is 3.37. The smallest absolute Gasteiger partial charge is 0.272 e. The molecular weight excluding hydrogens is 262 g/mol. The van der Waals surface area contributed by atoms with Crippen LogP contribution in [0.25, 0.3) is 0 Å². The monoisotopic (exact) mass is 272 g/mol. The van der Waals surface area contributed by atoms with Gasteiger partial charge in [-0.15, -0.1) is 0 Å². The summed E-state index contributed by atoms with van der Waals surface area (Å²) in [5, 5.41) is 13.6. The van der Waals surface area contributed by atoms with E-state index < -0.39 is 12.2 Å². The van der Waals surface area contributed by atoms with Crippen molar-refractivity contribution in [2.45, 2.75) is 19.9 Å². The minimum atomic E-state index is -2.74. The summed E-state index contributed by atoms with van der Waals surface area (Å²) < 4.78 is 27.8. The van der Waals surface area contributed by atoms with Crippen molar-refractivity contribution >= 4 is 18.4 Å². The molecule has 0 bridgehead atoms. The number of hydrogen-bond donors (Lipinski definition) is 1. The molecule has 2 aromatic rings. The topological polar surface area (TPSA) is 63.8 Å². The van der Waals surface area contributed by atoms with Crippen LogP contribution >= 0.6 is 12.2 Å². The average molecular weight is 272 g/mol. The third-order valence-corrected chi connectivity index (χ3v) is 2.43. The van der Waals surface area contributed by atoms with Gasteiger partial charge in [-0.2, -0.15) is 20.0 Å². The van der Waals surface area contributed by atoms with Crippen LogP contribution in [0.2, 0.25) is 0 Å². The Morgan fingerprint density at radius 1 is 1.61 bits per heavy atom. The van der Waals surface area contributed by atoms with Gasteiger partial charge in [-0.25, -0.2) is 13.9 Å². The van der Waals surface area contributed by atoms with E-state index in [-0.39, 0.29) is 4.77 Å². The van der Waals surface area contributed by atoms with Gasteiger partial charge < -0.3 is 0 Å². The van der Waals surface area contributed by atoms with E-state index in [1.807, 2.05) is 6.92 Å². The number of nitrogens with zero attached hydrogens (tertiary/aromatic N) is 5. The molecule has 2 heterocycles. The number of aryl methyl sites for hydroxylation is 1. The molecule has 0 spiro atoms. The highest BCUT2D eigenvalue weighted by Gasteiger charge is 2.15. The summed E-state index contributed by atoms with van der Waals surface area (Å²) in [6.45, 7) is 2.66. The van der Waals surface area contributed by atoms with Crippen LogP contribution in [-0.4, -0.2) is 30.9 Å². The zero-order valence-electron chi connectivity index (χ0n) is 9.42. The largest absolute Gasteiger partial charge is 0.299 e. The van der Waals surface area contributed by atoms with Crippen LogP contribution < -0.4 is 0 Å². The second-order valence-corrected chi connectivity index (χ2v) is 3.76. The molecule has 18 heavy (non-hydrogen) atoms. The van der Waals surface area contributed by atoms with E-state index in [0.717, 1.165) is 11.2 Å². The quantitative estimate of drug-likeness (QED) is 0.683. The van der Waals surface area contributed by atoms with Crippen molar-refractivity contribution in [1.82, 2.24) is 24.7 Å². The molecule has 6 nitrogen and oxygen atoms in total. The lowest BCUT2D eigenvalue weighted by atomic mass is 10.4. The molecule has 9 heteroatoms. The van der Waals surface area contributed by atoms with Gasteiger partial charge in [-0.1, -0.05) is 0 Å². The van der Waals surface area contributed by atoms with Crippen molar-refractivity contribution in [3.05, 3.63) is 28.6 Å². The van der Waals surface area contributed by atoms with Gasteiger partial charge in [0, 0.05) is 18.3 Å².